The quantitative estimate of drug-likeness (QED) is 0.525. The molecule has 1 aliphatic rings. The first kappa shape index (κ1) is 18.1. The van der Waals surface area contributed by atoms with Crippen molar-refractivity contribution < 1.29 is 23.8 Å². The molecule has 1 unspecified atom stereocenters. The number of benzene rings is 3. The number of phenolic OH excluding ortho intramolecular Hbond substituents is 1. The maximum Gasteiger partial charge on any atom is 0.271 e. The van der Waals surface area contributed by atoms with Gasteiger partial charge in [-0.1, -0.05) is 35.5 Å². The first-order chi connectivity index (χ1) is 14.7. The van der Waals surface area contributed by atoms with Gasteiger partial charge in [0.15, 0.2) is 11.5 Å². The van der Waals surface area contributed by atoms with Crippen LogP contribution < -0.4 is 14.2 Å². The van der Waals surface area contributed by atoms with Gasteiger partial charge in [-0.2, -0.15) is 4.98 Å². The number of hydrogen-bond donors (Lipinski definition) is 1. The summed E-state index contributed by atoms with van der Waals surface area (Å²) < 4.78 is 22.7. The average molecular weight is 402 g/mol. The Bertz CT molecular complexity index is 1140. The van der Waals surface area contributed by atoms with Crippen LogP contribution in [0.2, 0.25) is 0 Å². The SMILES string of the molecule is Oc1ccc2c(c1)OC(c1nc(-c3ccc(OCc4ccccc4)cc3)no1)CO2. The predicted octanol–water partition coefficient (Wildman–Crippen LogP) is 4.53. The molecule has 0 bridgehead atoms. The summed E-state index contributed by atoms with van der Waals surface area (Å²) in [4.78, 5) is 4.44. The number of aromatic nitrogens is 2. The largest absolute Gasteiger partial charge is 0.508 e. The van der Waals surface area contributed by atoms with Crippen LogP contribution in [-0.4, -0.2) is 21.9 Å². The number of hydrogen-bond acceptors (Lipinski definition) is 7. The van der Waals surface area contributed by atoms with E-state index in [-0.39, 0.29) is 12.4 Å². The fraction of sp³-hybridized carbons (Fsp3) is 0.130. The van der Waals surface area contributed by atoms with E-state index in [1.54, 1.807) is 12.1 Å². The van der Waals surface area contributed by atoms with Gasteiger partial charge in [-0.15, -0.1) is 0 Å². The number of fused-ring (bicyclic) bond motifs is 1. The first-order valence-corrected chi connectivity index (χ1v) is 9.48. The highest BCUT2D eigenvalue weighted by atomic mass is 16.6. The van der Waals surface area contributed by atoms with Gasteiger partial charge in [0, 0.05) is 11.6 Å². The molecule has 0 radical (unpaired) electrons. The van der Waals surface area contributed by atoms with Gasteiger partial charge in [0.1, 0.15) is 24.7 Å². The van der Waals surface area contributed by atoms with Crippen LogP contribution in [0, 0.1) is 0 Å². The van der Waals surface area contributed by atoms with Gasteiger partial charge in [-0.3, -0.25) is 0 Å². The van der Waals surface area contributed by atoms with Crippen LogP contribution >= 0.6 is 0 Å². The number of nitrogens with zero attached hydrogens (tertiary/aromatic N) is 2. The summed E-state index contributed by atoms with van der Waals surface area (Å²) >= 11 is 0. The van der Waals surface area contributed by atoms with E-state index in [2.05, 4.69) is 10.1 Å². The summed E-state index contributed by atoms with van der Waals surface area (Å²) in [5.74, 6) is 2.61. The Labute approximate surface area is 172 Å². The minimum absolute atomic E-state index is 0.0961. The lowest BCUT2D eigenvalue weighted by atomic mass is 10.2. The topological polar surface area (TPSA) is 86.8 Å². The lowest BCUT2D eigenvalue weighted by molar-refractivity contribution is 0.0662. The van der Waals surface area contributed by atoms with Crippen LogP contribution in [0.25, 0.3) is 11.4 Å². The van der Waals surface area contributed by atoms with Crippen molar-refractivity contribution in [2.75, 3.05) is 6.61 Å². The molecule has 5 rings (SSSR count). The van der Waals surface area contributed by atoms with Gasteiger partial charge in [-0.25, -0.2) is 0 Å². The zero-order chi connectivity index (χ0) is 20.3. The molecule has 3 aromatic carbocycles. The van der Waals surface area contributed by atoms with Gasteiger partial charge in [0.05, 0.1) is 0 Å². The average Bonchev–Trinajstić information content (AvgIpc) is 3.28. The Morgan fingerprint density at radius 1 is 0.967 bits per heavy atom. The molecule has 0 spiro atoms. The van der Waals surface area contributed by atoms with E-state index in [0.29, 0.717) is 29.8 Å². The van der Waals surface area contributed by atoms with Crippen LogP contribution in [0.4, 0.5) is 0 Å². The molecule has 150 valence electrons. The van der Waals surface area contributed by atoms with Crippen molar-refractivity contribution >= 4 is 0 Å². The summed E-state index contributed by atoms with van der Waals surface area (Å²) in [5, 5.41) is 13.7. The Balaban J connectivity index is 1.26. The van der Waals surface area contributed by atoms with Crippen molar-refractivity contribution in [3.8, 4) is 34.4 Å². The maximum absolute atomic E-state index is 9.63. The second-order valence-electron chi connectivity index (χ2n) is 6.80. The smallest absolute Gasteiger partial charge is 0.271 e. The lowest BCUT2D eigenvalue weighted by Gasteiger charge is -2.23. The molecular weight excluding hydrogens is 384 g/mol. The summed E-state index contributed by atoms with van der Waals surface area (Å²) in [6, 6.07) is 22.2. The molecule has 1 aromatic heterocycles. The lowest BCUT2D eigenvalue weighted by Crippen LogP contribution is -2.21. The van der Waals surface area contributed by atoms with Gasteiger partial charge in [-0.05, 0) is 42.0 Å². The molecule has 0 saturated carbocycles. The Kier molecular flexibility index (Phi) is 4.69. The monoisotopic (exact) mass is 402 g/mol. The van der Waals surface area contributed by atoms with E-state index in [4.69, 9.17) is 18.7 Å². The number of ether oxygens (including phenoxy) is 3. The van der Waals surface area contributed by atoms with Crippen molar-refractivity contribution in [3.63, 3.8) is 0 Å². The third-order valence-corrected chi connectivity index (χ3v) is 4.66. The molecule has 0 fully saturated rings. The summed E-state index contributed by atoms with van der Waals surface area (Å²) in [6.45, 7) is 0.744. The van der Waals surface area contributed by atoms with E-state index in [9.17, 15) is 5.11 Å². The van der Waals surface area contributed by atoms with E-state index in [0.717, 1.165) is 16.9 Å². The number of aromatic hydroxyl groups is 1. The molecule has 4 aromatic rings. The fourth-order valence-electron chi connectivity index (χ4n) is 3.11. The molecule has 7 nitrogen and oxygen atoms in total. The molecule has 0 saturated heterocycles. The second kappa shape index (κ2) is 7.79. The zero-order valence-corrected chi connectivity index (χ0v) is 15.9. The number of rotatable bonds is 5. The molecule has 1 N–H and O–H groups in total. The second-order valence-corrected chi connectivity index (χ2v) is 6.80. The molecule has 1 aliphatic heterocycles. The third kappa shape index (κ3) is 3.77. The standard InChI is InChI=1S/C23H18N2O5/c26-17-8-11-19-20(12-17)29-21(14-28-19)23-24-22(25-30-23)16-6-9-18(10-7-16)27-13-15-4-2-1-3-5-15/h1-12,21,26H,13-14H2. The highest BCUT2D eigenvalue weighted by molar-refractivity contribution is 5.55. The highest BCUT2D eigenvalue weighted by Gasteiger charge is 2.28. The van der Waals surface area contributed by atoms with Crippen LogP contribution in [-0.2, 0) is 6.61 Å². The van der Waals surface area contributed by atoms with Gasteiger partial charge in [0.25, 0.3) is 5.89 Å². The van der Waals surface area contributed by atoms with E-state index >= 15 is 0 Å². The van der Waals surface area contributed by atoms with Crippen molar-refractivity contribution in [2.24, 2.45) is 0 Å². The molecule has 7 heteroatoms. The molecule has 0 amide bonds. The van der Waals surface area contributed by atoms with Crippen molar-refractivity contribution in [1.82, 2.24) is 10.1 Å². The molecule has 1 atom stereocenters. The first-order valence-electron chi connectivity index (χ1n) is 9.48. The van der Waals surface area contributed by atoms with Gasteiger partial charge in [0.2, 0.25) is 11.9 Å². The summed E-state index contributed by atoms with van der Waals surface area (Å²) in [5.41, 5.74) is 1.90. The normalized spacial score (nSPS) is 15.0. The zero-order valence-electron chi connectivity index (χ0n) is 15.9. The number of phenols is 1. The summed E-state index contributed by atoms with van der Waals surface area (Å²) in [6.07, 6.45) is -0.547. The van der Waals surface area contributed by atoms with Crippen molar-refractivity contribution in [1.29, 1.82) is 0 Å². The van der Waals surface area contributed by atoms with Crippen LogP contribution in [0.5, 0.6) is 23.0 Å². The summed E-state index contributed by atoms with van der Waals surface area (Å²) in [7, 11) is 0. The molecule has 30 heavy (non-hydrogen) atoms. The predicted molar refractivity (Wildman–Crippen MR) is 107 cm³/mol. The molecule has 2 heterocycles. The van der Waals surface area contributed by atoms with Crippen molar-refractivity contribution in [3.05, 3.63) is 84.3 Å². The highest BCUT2D eigenvalue weighted by Crippen LogP contribution is 2.38. The van der Waals surface area contributed by atoms with Crippen LogP contribution in [0.15, 0.2) is 77.3 Å². The maximum atomic E-state index is 9.63. The Hall–Kier alpha value is -4.00. The van der Waals surface area contributed by atoms with Gasteiger partial charge >= 0.3 is 0 Å². The van der Waals surface area contributed by atoms with E-state index in [1.807, 2.05) is 54.6 Å². The minimum Gasteiger partial charge on any atom is -0.508 e. The van der Waals surface area contributed by atoms with Gasteiger partial charge < -0.3 is 23.8 Å². The van der Waals surface area contributed by atoms with Crippen molar-refractivity contribution in [2.45, 2.75) is 12.7 Å². The Morgan fingerprint density at radius 2 is 1.80 bits per heavy atom. The molecule has 0 aliphatic carbocycles. The Morgan fingerprint density at radius 3 is 2.63 bits per heavy atom. The molecular formula is C23H18N2O5. The van der Waals surface area contributed by atoms with Crippen LogP contribution in [0.1, 0.15) is 17.6 Å². The van der Waals surface area contributed by atoms with Crippen LogP contribution in [0.3, 0.4) is 0 Å². The fourth-order valence-corrected chi connectivity index (χ4v) is 3.11. The van der Waals surface area contributed by atoms with E-state index < -0.39 is 6.10 Å². The van der Waals surface area contributed by atoms with E-state index in [1.165, 1.54) is 6.07 Å². The minimum atomic E-state index is -0.547. The third-order valence-electron chi connectivity index (χ3n) is 4.66.